The van der Waals surface area contributed by atoms with E-state index < -0.39 is 10.0 Å². The topological polar surface area (TPSA) is 62.3 Å². The Kier molecular flexibility index (Phi) is 6.24. The summed E-state index contributed by atoms with van der Waals surface area (Å²) in [6.07, 6.45) is 1.79. The van der Waals surface area contributed by atoms with Crippen LogP contribution in [0.25, 0.3) is 11.3 Å². The van der Waals surface area contributed by atoms with Gasteiger partial charge in [0, 0.05) is 38.4 Å². The molecule has 1 atom stereocenters. The van der Waals surface area contributed by atoms with Gasteiger partial charge in [-0.2, -0.15) is 0 Å². The molecule has 0 saturated heterocycles. The first-order valence-electron chi connectivity index (χ1n) is 9.14. The molecule has 0 spiro atoms. The highest BCUT2D eigenvalue weighted by molar-refractivity contribution is 7.89. The second-order valence-corrected chi connectivity index (χ2v) is 9.03. The SMILES string of the molecule is CC(NCc1cccc(-c2ccccn2)c1)c1cccc(S(=O)(=O)N(C)C)c1. The third kappa shape index (κ3) is 4.65. The third-order valence-corrected chi connectivity index (χ3v) is 6.45. The summed E-state index contributed by atoms with van der Waals surface area (Å²) in [7, 11) is -0.358. The molecule has 0 aliphatic rings. The molecule has 0 aliphatic heterocycles. The molecule has 28 heavy (non-hydrogen) atoms. The van der Waals surface area contributed by atoms with Crippen LogP contribution in [0.3, 0.4) is 0 Å². The van der Waals surface area contributed by atoms with Gasteiger partial charge in [-0.15, -0.1) is 0 Å². The molecule has 0 radical (unpaired) electrons. The van der Waals surface area contributed by atoms with Crippen LogP contribution >= 0.6 is 0 Å². The van der Waals surface area contributed by atoms with Crippen molar-refractivity contribution in [3.8, 4) is 11.3 Å². The summed E-state index contributed by atoms with van der Waals surface area (Å²) in [6, 6.07) is 21.2. The van der Waals surface area contributed by atoms with Crippen molar-refractivity contribution >= 4 is 10.0 Å². The number of pyridine rings is 1. The van der Waals surface area contributed by atoms with Gasteiger partial charge in [-0.05, 0) is 48.4 Å². The molecule has 146 valence electrons. The van der Waals surface area contributed by atoms with E-state index in [1.54, 1.807) is 24.4 Å². The van der Waals surface area contributed by atoms with Gasteiger partial charge in [0.1, 0.15) is 0 Å². The molecule has 0 aliphatic carbocycles. The summed E-state index contributed by atoms with van der Waals surface area (Å²) in [5.74, 6) is 0. The Hall–Kier alpha value is -2.54. The van der Waals surface area contributed by atoms with Crippen molar-refractivity contribution in [2.75, 3.05) is 14.1 Å². The molecule has 0 saturated carbocycles. The van der Waals surface area contributed by atoms with Crippen molar-refractivity contribution < 1.29 is 8.42 Å². The maximum absolute atomic E-state index is 12.4. The number of nitrogens with zero attached hydrogens (tertiary/aromatic N) is 2. The van der Waals surface area contributed by atoms with Gasteiger partial charge in [0.25, 0.3) is 0 Å². The van der Waals surface area contributed by atoms with E-state index in [-0.39, 0.29) is 6.04 Å². The molecule has 1 N–H and O–H groups in total. The van der Waals surface area contributed by atoms with Crippen molar-refractivity contribution in [2.24, 2.45) is 0 Å². The number of rotatable bonds is 7. The van der Waals surface area contributed by atoms with E-state index in [4.69, 9.17) is 0 Å². The molecular formula is C22H25N3O2S. The molecule has 1 aromatic heterocycles. The Bertz CT molecular complexity index is 1030. The van der Waals surface area contributed by atoms with E-state index >= 15 is 0 Å². The van der Waals surface area contributed by atoms with Crippen molar-refractivity contribution in [2.45, 2.75) is 24.4 Å². The highest BCUT2D eigenvalue weighted by Gasteiger charge is 2.18. The first kappa shape index (κ1) is 20.2. The molecule has 1 heterocycles. The van der Waals surface area contributed by atoms with E-state index in [2.05, 4.69) is 22.4 Å². The smallest absolute Gasteiger partial charge is 0.242 e. The van der Waals surface area contributed by atoms with Crippen LogP contribution in [0.15, 0.2) is 77.8 Å². The minimum absolute atomic E-state index is 0.0100. The monoisotopic (exact) mass is 395 g/mol. The summed E-state index contributed by atoms with van der Waals surface area (Å²) in [4.78, 5) is 4.70. The summed E-state index contributed by atoms with van der Waals surface area (Å²) < 4.78 is 25.9. The zero-order valence-corrected chi connectivity index (χ0v) is 17.1. The normalized spacial score (nSPS) is 12.9. The van der Waals surface area contributed by atoms with Gasteiger partial charge < -0.3 is 5.32 Å². The van der Waals surface area contributed by atoms with Crippen LogP contribution in [-0.2, 0) is 16.6 Å². The maximum Gasteiger partial charge on any atom is 0.242 e. The van der Waals surface area contributed by atoms with Gasteiger partial charge in [0.15, 0.2) is 0 Å². The number of aromatic nitrogens is 1. The van der Waals surface area contributed by atoms with Gasteiger partial charge in [-0.25, -0.2) is 12.7 Å². The van der Waals surface area contributed by atoms with Crippen LogP contribution in [0, 0.1) is 0 Å². The molecule has 0 amide bonds. The predicted octanol–water partition coefficient (Wildman–Crippen LogP) is 3.85. The molecule has 2 aromatic carbocycles. The number of hydrogen-bond donors (Lipinski definition) is 1. The molecular weight excluding hydrogens is 370 g/mol. The number of benzene rings is 2. The standard InChI is InChI=1S/C22H25N3O2S/c1-17(19-9-7-11-21(15-19)28(26,27)25(2)3)24-16-18-8-6-10-20(14-18)22-12-4-5-13-23-22/h4-15,17,24H,16H2,1-3H3. The van der Waals surface area contributed by atoms with E-state index in [1.807, 2.05) is 43.3 Å². The Morgan fingerprint density at radius 2 is 1.79 bits per heavy atom. The van der Waals surface area contributed by atoms with Crippen LogP contribution in [-0.4, -0.2) is 31.8 Å². The summed E-state index contributed by atoms with van der Waals surface area (Å²) >= 11 is 0. The second-order valence-electron chi connectivity index (χ2n) is 6.88. The molecule has 3 aromatic rings. The van der Waals surface area contributed by atoms with Crippen molar-refractivity contribution in [1.82, 2.24) is 14.6 Å². The quantitative estimate of drug-likeness (QED) is 0.660. The Labute approximate surface area is 167 Å². The summed E-state index contributed by atoms with van der Waals surface area (Å²) in [5, 5.41) is 3.47. The fourth-order valence-corrected chi connectivity index (χ4v) is 3.88. The van der Waals surface area contributed by atoms with Gasteiger partial charge >= 0.3 is 0 Å². The van der Waals surface area contributed by atoms with E-state index in [0.717, 1.165) is 22.4 Å². The second kappa shape index (κ2) is 8.65. The molecule has 1 unspecified atom stereocenters. The van der Waals surface area contributed by atoms with Crippen molar-refractivity contribution in [1.29, 1.82) is 0 Å². The van der Waals surface area contributed by atoms with Crippen LogP contribution in [0.2, 0.25) is 0 Å². The lowest BCUT2D eigenvalue weighted by atomic mass is 10.1. The van der Waals surface area contributed by atoms with Gasteiger partial charge in [-0.1, -0.05) is 36.4 Å². The van der Waals surface area contributed by atoms with Crippen molar-refractivity contribution in [3.05, 3.63) is 84.1 Å². The first-order chi connectivity index (χ1) is 13.4. The van der Waals surface area contributed by atoms with Crippen LogP contribution in [0.4, 0.5) is 0 Å². The highest BCUT2D eigenvalue weighted by atomic mass is 32.2. The molecule has 3 rings (SSSR count). The predicted molar refractivity (Wildman–Crippen MR) is 112 cm³/mol. The van der Waals surface area contributed by atoms with Gasteiger partial charge in [0.05, 0.1) is 10.6 Å². The first-order valence-corrected chi connectivity index (χ1v) is 10.6. The van der Waals surface area contributed by atoms with Crippen LogP contribution in [0.5, 0.6) is 0 Å². The lowest BCUT2D eigenvalue weighted by Crippen LogP contribution is -2.23. The van der Waals surface area contributed by atoms with E-state index in [9.17, 15) is 8.42 Å². The minimum Gasteiger partial charge on any atom is -0.306 e. The lowest BCUT2D eigenvalue weighted by Gasteiger charge is -2.17. The summed E-state index contributed by atoms with van der Waals surface area (Å²) in [6.45, 7) is 2.70. The Morgan fingerprint density at radius 1 is 1.00 bits per heavy atom. The zero-order valence-electron chi connectivity index (χ0n) is 16.3. The van der Waals surface area contributed by atoms with Crippen molar-refractivity contribution in [3.63, 3.8) is 0 Å². The number of hydrogen-bond acceptors (Lipinski definition) is 4. The lowest BCUT2D eigenvalue weighted by molar-refractivity contribution is 0.520. The van der Waals surface area contributed by atoms with E-state index in [0.29, 0.717) is 11.4 Å². The minimum atomic E-state index is -3.44. The number of sulfonamides is 1. The average molecular weight is 396 g/mol. The zero-order chi connectivity index (χ0) is 20.1. The fraction of sp³-hybridized carbons (Fsp3) is 0.227. The number of nitrogens with one attached hydrogen (secondary N) is 1. The molecule has 6 heteroatoms. The molecule has 0 bridgehead atoms. The third-order valence-electron chi connectivity index (χ3n) is 4.64. The Balaban J connectivity index is 1.72. The maximum atomic E-state index is 12.4. The van der Waals surface area contributed by atoms with Gasteiger partial charge in [-0.3, -0.25) is 4.98 Å². The largest absolute Gasteiger partial charge is 0.306 e. The Morgan fingerprint density at radius 3 is 2.50 bits per heavy atom. The average Bonchev–Trinajstić information content (AvgIpc) is 2.73. The highest BCUT2D eigenvalue weighted by Crippen LogP contribution is 2.21. The molecule has 0 fully saturated rings. The fourth-order valence-electron chi connectivity index (χ4n) is 2.92. The summed E-state index contributed by atoms with van der Waals surface area (Å²) in [5.41, 5.74) is 4.10. The van der Waals surface area contributed by atoms with Gasteiger partial charge in [0.2, 0.25) is 10.0 Å². The molecule has 5 nitrogen and oxygen atoms in total. The van der Waals surface area contributed by atoms with E-state index in [1.165, 1.54) is 18.4 Å². The van der Waals surface area contributed by atoms with Crippen LogP contribution in [0.1, 0.15) is 24.1 Å². The van der Waals surface area contributed by atoms with Crippen LogP contribution < -0.4 is 5.32 Å².